The summed E-state index contributed by atoms with van der Waals surface area (Å²) >= 11 is 17.2. The SMILES string of the molecule is CC(NC(=S)Nc1ccc(Cl)cc1Cl)c1ccccc1. The number of rotatable bonds is 3. The first-order valence-electron chi connectivity index (χ1n) is 6.14. The lowest BCUT2D eigenvalue weighted by Gasteiger charge is -2.18. The third-order valence-electron chi connectivity index (χ3n) is 2.83. The number of nitrogens with one attached hydrogen (secondary N) is 2. The smallest absolute Gasteiger partial charge is 0.171 e. The van der Waals surface area contributed by atoms with Crippen LogP contribution in [0.5, 0.6) is 0 Å². The largest absolute Gasteiger partial charge is 0.356 e. The van der Waals surface area contributed by atoms with E-state index in [0.29, 0.717) is 15.2 Å². The molecule has 0 aliphatic carbocycles. The summed E-state index contributed by atoms with van der Waals surface area (Å²) in [5.74, 6) is 0. The first-order chi connectivity index (χ1) is 9.56. The number of benzene rings is 2. The van der Waals surface area contributed by atoms with E-state index in [4.69, 9.17) is 35.4 Å². The van der Waals surface area contributed by atoms with Crippen LogP contribution in [0, 0.1) is 0 Å². The maximum atomic E-state index is 6.09. The fourth-order valence-corrected chi connectivity index (χ4v) is 2.51. The van der Waals surface area contributed by atoms with Crippen LogP contribution >= 0.6 is 35.4 Å². The van der Waals surface area contributed by atoms with Gasteiger partial charge < -0.3 is 10.6 Å². The molecule has 0 aromatic heterocycles. The van der Waals surface area contributed by atoms with Gasteiger partial charge in [-0.1, -0.05) is 53.5 Å². The number of hydrogen-bond donors (Lipinski definition) is 2. The van der Waals surface area contributed by atoms with E-state index in [1.807, 2.05) is 25.1 Å². The van der Waals surface area contributed by atoms with Crippen LogP contribution in [0.1, 0.15) is 18.5 Å². The van der Waals surface area contributed by atoms with Gasteiger partial charge in [0.05, 0.1) is 16.8 Å². The highest BCUT2D eigenvalue weighted by Gasteiger charge is 2.08. The summed E-state index contributed by atoms with van der Waals surface area (Å²) in [6.45, 7) is 2.05. The molecule has 0 aliphatic heterocycles. The lowest BCUT2D eigenvalue weighted by atomic mass is 10.1. The molecule has 2 aromatic rings. The maximum Gasteiger partial charge on any atom is 0.171 e. The molecular weight excluding hydrogens is 311 g/mol. The fourth-order valence-electron chi connectivity index (χ4n) is 1.77. The Labute approximate surface area is 134 Å². The summed E-state index contributed by atoms with van der Waals surface area (Å²) in [5.41, 5.74) is 1.90. The Bertz CT molecular complexity index is 602. The van der Waals surface area contributed by atoms with Crippen LogP contribution in [0.15, 0.2) is 48.5 Å². The number of anilines is 1. The second-order valence-corrected chi connectivity index (χ2v) is 5.61. The zero-order chi connectivity index (χ0) is 14.5. The molecule has 0 radical (unpaired) electrons. The summed E-state index contributed by atoms with van der Waals surface area (Å²) < 4.78 is 0. The van der Waals surface area contributed by atoms with Crippen molar-refractivity contribution in [2.45, 2.75) is 13.0 Å². The Morgan fingerprint density at radius 1 is 1.10 bits per heavy atom. The minimum Gasteiger partial charge on any atom is -0.356 e. The van der Waals surface area contributed by atoms with Crippen molar-refractivity contribution in [2.24, 2.45) is 0 Å². The Hall–Kier alpha value is -1.29. The quantitative estimate of drug-likeness (QED) is 0.773. The molecule has 104 valence electrons. The summed E-state index contributed by atoms with van der Waals surface area (Å²) in [5, 5.41) is 7.93. The first-order valence-corrected chi connectivity index (χ1v) is 7.30. The van der Waals surface area contributed by atoms with Crippen LogP contribution in [-0.4, -0.2) is 5.11 Å². The van der Waals surface area contributed by atoms with Gasteiger partial charge in [0.1, 0.15) is 0 Å². The van der Waals surface area contributed by atoms with Gasteiger partial charge in [0.15, 0.2) is 5.11 Å². The lowest BCUT2D eigenvalue weighted by Crippen LogP contribution is -2.30. The van der Waals surface area contributed by atoms with Gasteiger partial charge in [0.25, 0.3) is 0 Å². The highest BCUT2D eigenvalue weighted by molar-refractivity contribution is 7.80. The van der Waals surface area contributed by atoms with Gasteiger partial charge in [0, 0.05) is 5.02 Å². The van der Waals surface area contributed by atoms with Gasteiger partial charge in [0.2, 0.25) is 0 Å². The third-order valence-corrected chi connectivity index (χ3v) is 3.59. The topological polar surface area (TPSA) is 24.1 Å². The molecule has 0 fully saturated rings. The molecule has 2 nitrogen and oxygen atoms in total. The molecule has 0 bridgehead atoms. The summed E-state index contributed by atoms with van der Waals surface area (Å²) in [4.78, 5) is 0. The van der Waals surface area contributed by atoms with Crippen molar-refractivity contribution >= 4 is 46.2 Å². The van der Waals surface area contributed by atoms with Crippen molar-refractivity contribution in [3.8, 4) is 0 Å². The Balaban J connectivity index is 1.99. The maximum absolute atomic E-state index is 6.09. The van der Waals surface area contributed by atoms with Crippen LogP contribution in [-0.2, 0) is 0 Å². The number of halogens is 2. The van der Waals surface area contributed by atoms with Gasteiger partial charge in [-0.25, -0.2) is 0 Å². The first kappa shape index (κ1) is 15.1. The molecule has 0 saturated carbocycles. The molecule has 0 saturated heterocycles. The average molecular weight is 325 g/mol. The Morgan fingerprint density at radius 3 is 2.45 bits per heavy atom. The van der Waals surface area contributed by atoms with E-state index in [9.17, 15) is 0 Å². The molecule has 20 heavy (non-hydrogen) atoms. The molecule has 5 heteroatoms. The normalized spacial score (nSPS) is 11.8. The van der Waals surface area contributed by atoms with Crippen molar-refractivity contribution in [1.82, 2.24) is 5.32 Å². The summed E-state index contributed by atoms with van der Waals surface area (Å²) in [6, 6.07) is 15.4. The lowest BCUT2D eigenvalue weighted by molar-refractivity contribution is 0.722. The molecule has 0 spiro atoms. The highest BCUT2D eigenvalue weighted by atomic mass is 35.5. The average Bonchev–Trinajstić information content (AvgIpc) is 2.43. The standard InChI is InChI=1S/C15H14Cl2N2S/c1-10(11-5-3-2-4-6-11)18-15(20)19-14-8-7-12(16)9-13(14)17/h2-10H,1H3,(H2,18,19,20). The molecule has 0 amide bonds. The molecule has 2 rings (SSSR count). The fraction of sp³-hybridized carbons (Fsp3) is 0.133. The molecular formula is C15H14Cl2N2S. The van der Waals surface area contributed by atoms with Crippen LogP contribution in [0.4, 0.5) is 5.69 Å². The van der Waals surface area contributed by atoms with E-state index in [2.05, 4.69) is 22.8 Å². The zero-order valence-electron chi connectivity index (χ0n) is 10.9. The molecule has 0 heterocycles. The predicted octanol–water partition coefficient (Wildman–Crippen LogP) is 5.04. The van der Waals surface area contributed by atoms with Crippen LogP contribution < -0.4 is 10.6 Å². The van der Waals surface area contributed by atoms with E-state index in [1.165, 1.54) is 5.56 Å². The molecule has 1 unspecified atom stereocenters. The predicted molar refractivity (Wildman–Crippen MR) is 90.7 cm³/mol. The Morgan fingerprint density at radius 2 is 1.80 bits per heavy atom. The van der Waals surface area contributed by atoms with Gasteiger partial charge in [-0.15, -0.1) is 0 Å². The minimum atomic E-state index is 0.113. The van der Waals surface area contributed by atoms with E-state index >= 15 is 0 Å². The van der Waals surface area contributed by atoms with Gasteiger partial charge >= 0.3 is 0 Å². The summed E-state index contributed by atoms with van der Waals surface area (Å²) in [7, 11) is 0. The molecule has 2 N–H and O–H groups in total. The second kappa shape index (κ2) is 6.93. The van der Waals surface area contributed by atoms with Gasteiger partial charge in [-0.3, -0.25) is 0 Å². The van der Waals surface area contributed by atoms with Crippen molar-refractivity contribution in [1.29, 1.82) is 0 Å². The van der Waals surface area contributed by atoms with E-state index in [-0.39, 0.29) is 6.04 Å². The molecule has 2 aromatic carbocycles. The van der Waals surface area contributed by atoms with Crippen molar-refractivity contribution in [3.63, 3.8) is 0 Å². The van der Waals surface area contributed by atoms with E-state index in [1.54, 1.807) is 18.2 Å². The summed E-state index contributed by atoms with van der Waals surface area (Å²) in [6.07, 6.45) is 0. The number of hydrogen-bond acceptors (Lipinski definition) is 1. The van der Waals surface area contributed by atoms with Gasteiger partial charge in [-0.05, 0) is 42.9 Å². The molecule has 1 atom stereocenters. The zero-order valence-corrected chi connectivity index (χ0v) is 13.2. The van der Waals surface area contributed by atoms with Crippen molar-refractivity contribution < 1.29 is 0 Å². The van der Waals surface area contributed by atoms with Crippen LogP contribution in [0.2, 0.25) is 10.0 Å². The van der Waals surface area contributed by atoms with E-state index < -0.39 is 0 Å². The number of thiocarbonyl (C=S) groups is 1. The van der Waals surface area contributed by atoms with Crippen LogP contribution in [0.3, 0.4) is 0 Å². The van der Waals surface area contributed by atoms with E-state index in [0.717, 1.165) is 5.69 Å². The van der Waals surface area contributed by atoms with Gasteiger partial charge in [-0.2, -0.15) is 0 Å². The van der Waals surface area contributed by atoms with Crippen LogP contribution in [0.25, 0.3) is 0 Å². The van der Waals surface area contributed by atoms with Crippen molar-refractivity contribution in [3.05, 3.63) is 64.1 Å². The third kappa shape index (κ3) is 4.10. The van der Waals surface area contributed by atoms with Crippen molar-refractivity contribution in [2.75, 3.05) is 5.32 Å². The Kier molecular flexibility index (Phi) is 5.24. The minimum absolute atomic E-state index is 0.113. The second-order valence-electron chi connectivity index (χ2n) is 4.36. The monoisotopic (exact) mass is 324 g/mol. The molecule has 0 aliphatic rings. The highest BCUT2D eigenvalue weighted by Crippen LogP contribution is 2.25.